The summed E-state index contributed by atoms with van der Waals surface area (Å²) in [5, 5.41) is 10.4. The summed E-state index contributed by atoms with van der Waals surface area (Å²) in [5.41, 5.74) is 1.19. The zero-order valence-corrected chi connectivity index (χ0v) is 10.3. The van der Waals surface area contributed by atoms with Crippen LogP contribution in [0.25, 0.3) is 0 Å². The van der Waals surface area contributed by atoms with Gasteiger partial charge in [-0.25, -0.2) is 4.89 Å². The molecule has 1 aromatic rings. The van der Waals surface area contributed by atoms with Crippen LogP contribution in [-0.2, 0) is 18.4 Å². The van der Waals surface area contributed by atoms with Crippen LogP contribution in [0.1, 0.15) is 19.4 Å². The Morgan fingerprint density at radius 2 is 2.00 bits per heavy atom. The van der Waals surface area contributed by atoms with Gasteiger partial charge in [0.1, 0.15) is 5.82 Å². The predicted octanol–water partition coefficient (Wildman–Crippen LogP) is 1.49. The van der Waals surface area contributed by atoms with Crippen molar-refractivity contribution in [1.82, 2.24) is 4.57 Å². The third kappa shape index (κ3) is 4.04. The van der Waals surface area contributed by atoms with Crippen LogP contribution in [0, 0.1) is 0 Å². The number of rotatable bonds is 3. The molecular weight excluding hydrogens is 208 g/mol. The summed E-state index contributed by atoms with van der Waals surface area (Å²) in [6, 6.07) is 3.47. The Kier molecular flexibility index (Phi) is 7.24. The number of anilines is 1. The average Bonchev–Trinajstić information content (AvgIpc) is 2.32. The number of pyridine rings is 1. The molecule has 0 amide bonds. The van der Waals surface area contributed by atoms with E-state index in [1.54, 1.807) is 24.6 Å². The Bertz CT molecular complexity index is 359. The van der Waals surface area contributed by atoms with Crippen molar-refractivity contribution < 1.29 is 10.1 Å². The number of aryl methyl sites for hydroxylation is 1. The molecule has 1 heterocycles. The lowest BCUT2D eigenvalue weighted by Gasteiger charge is -2.11. The van der Waals surface area contributed by atoms with Crippen molar-refractivity contribution in [2.24, 2.45) is 7.05 Å². The van der Waals surface area contributed by atoms with Gasteiger partial charge in [-0.3, -0.25) is 14.6 Å². The van der Waals surface area contributed by atoms with Gasteiger partial charge in [0, 0.05) is 20.2 Å². The number of aromatic nitrogens is 1. The standard InChI is InChI=1S/C9H14N2O.C2H6O2/c1-4-7-5-6-8(12)11(3)9(7)10-2;1-2-4-3/h5-6,10H,4H2,1-3H3;3H,2H2,1H3. The van der Waals surface area contributed by atoms with Gasteiger partial charge in [0.2, 0.25) is 0 Å². The average molecular weight is 228 g/mol. The lowest BCUT2D eigenvalue weighted by Crippen LogP contribution is -2.19. The van der Waals surface area contributed by atoms with Crippen LogP contribution in [0.3, 0.4) is 0 Å². The highest BCUT2D eigenvalue weighted by molar-refractivity contribution is 5.44. The molecule has 0 saturated heterocycles. The van der Waals surface area contributed by atoms with Gasteiger partial charge < -0.3 is 5.32 Å². The first kappa shape index (κ1) is 14.7. The zero-order chi connectivity index (χ0) is 12.6. The molecular formula is C11H20N2O3. The van der Waals surface area contributed by atoms with Gasteiger partial charge in [0.25, 0.3) is 5.56 Å². The first-order chi connectivity index (χ1) is 7.62. The van der Waals surface area contributed by atoms with Crippen molar-refractivity contribution in [3.8, 4) is 0 Å². The predicted molar refractivity (Wildman–Crippen MR) is 64.9 cm³/mol. The molecule has 0 aliphatic rings. The fraction of sp³-hybridized carbons (Fsp3) is 0.545. The minimum absolute atomic E-state index is 0.0246. The van der Waals surface area contributed by atoms with Gasteiger partial charge in [0.05, 0.1) is 6.61 Å². The highest BCUT2D eigenvalue weighted by Gasteiger charge is 2.02. The molecule has 0 aromatic carbocycles. The second-order valence-corrected chi connectivity index (χ2v) is 3.13. The third-order valence-electron chi connectivity index (χ3n) is 2.14. The van der Waals surface area contributed by atoms with E-state index in [0.29, 0.717) is 6.61 Å². The second-order valence-electron chi connectivity index (χ2n) is 3.13. The summed E-state index contributed by atoms with van der Waals surface area (Å²) in [5.74, 6) is 0.907. The van der Waals surface area contributed by atoms with Gasteiger partial charge >= 0.3 is 0 Å². The summed E-state index contributed by atoms with van der Waals surface area (Å²) in [6.45, 7) is 4.15. The van der Waals surface area contributed by atoms with Gasteiger partial charge in [-0.15, -0.1) is 0 Å². The molecule has 5 heteroatoms. The summed E-state index contributed by atoms with van der Waals surface area (Å²) >= 11 is 0. The van der Waals surface area contributed by atoms with E-state index in [9.17, 15) is 4.79 Å². The lowest BCUT2D eigenvalue weighted by molar-refractivity contribution is -0.237. The summed E-state index contributed by atoms with van der Waals surface area (Å²) in [7, 11) is 3.60. The van der Waals surface area contributed by atoms with Crippen LogP contribution in [0.2, 0.25) is 0 Å². The van der Waals surface area contributed by atoms with E-state index in [0.717, 1.165) is 12.2 Å². The van der Waals surface area contributed by atoms with Crippen LogP contribution in [0.15, 0.2) is 16.9 Å². The van der Waals surface area contributed by atoms with Gasteiger partial charge in [-0.2, -0.15) is 0 Å². The smallest absolute Gasteiger partial charge is 0.251 e. The molecule has 0 aliphatic carbocycles. The molecule has 0 aliphatic heterocycles. The monoisotopic (exact) mass is 228 g/mol. The Morgan fingerprint density at radius 3 is 2.38 bits per heavy atom. The van der Waals surface area contributed by atoms with E-state index in [1.807, 2.05) is 13.1 Å². The summed E-state index contributed by atoms with van der Waals surface area (Å²) in [6.07, 6.45) is 0.935. The van der Waals surface area contributed by atoms with Crippen LogP contribution in [-0.4, -0.2) is 23.5 Å². The number of nitrogens with zero attached hydrogens (tertiary/aromatic N) is 1. The number of hydrogen-bond donors (Lipinski definition) is 2. The fourth-order valence-corrected chi connectivity index (χ4v) is 1.30. The maximum Gasteiger partial charge on any atom is 0.251 e. The fourth-order valence-electron chi connectivity index (χ4n) is 1.30. The van der Waals surface area contributed by atoms with Crippen molar-refractivity contribution in [2.75, 3.05) is 19.0 Å². The first-order valence-electron chi connectivity index (χ1n) is 5.25. The molecule has 0 bridgehead atoms. The molecule has 2 N–H and O–H groups in total. The molecule has 0 unspecified atom stereocenters. The van der Waals surface area contributed by atoms with Crippen molar-refractivity contribution in [2.45, 2.75) is 20.3 Å². The maximum atomic E-state index is 11.2. The van der Waals surface area contributed by atoms with Crippen molar-refractivity contribution in [1.29, 1.82) is 0 Å². The topological polar surface area (TPSA) is 63.5 Å². The SMILES string of the molecule is CCOO.CCc1ccc(=O)n(C)c1NC. The highest BCUT2D eigenvalue weighted by atomic mass is 17.1. The molecule has 0 radical (unpaired) electrons. The normalized spacial score (nSPS) is 9.31. The van der Waals surface area contributed by atoms with Crippen LogP contribution >= 0.6 is 0 Å². The lowest BCUT2D eigenvalue weighted by atomic mass is 10.2. The second kappa shape index (κ2) is 7.90. The Balaban J connectivity index is 0.000000487. The molecule has 92 valence electrons. The molecule has 1 rings (SSSR count). The first-order valence-corrected chi connectivity index (χ1v) is 5.25. The highest BCUT2D eigenvalue weighted by Crippen LogP contribution is 2.10. The maximum absolute atomic E-state index is 11.2. The number of hydrogen-bond acceptors (Lipinski definition) is 4. The van der Waals surface area contributed by atoms with Gasteiger partial charge in [-0.1, -0.05) is 6.92 Å². The molecule has 0 fully saturated rings. The Morgan fingerprint density at radius 1 is 1.44 bits per heavy atom. The quantitative estimate of drug-likeness (QED) is 0.607. The molecule has 0 spiro atoms. The van der Waals surface area contributed by atoms with E-state index >= 15 is 0 Å². The molecule has 5 nitrogen and oxygen atoms in total. The van der Waals surface area contributed by atoms with E-state index in [2.05, 4.69) is 17.1 Å². The third-order valence-corrected chi connectivity index (χ3v) is 2.14. The Labute approximate surface area is 95.6 Å². The molecule has 16 heavy (non-hydrogen) atoms. The van der Waals surface area contributed by atoms with Gasteiger partial charge in [0.15, 0.2) is 0 Å². The van der Waals surface area contributed by atoms with E-state index in [4.69, 9.17) is 5.26 Å². The minimum atomic E-state index is 0.0246. The molecule has 0 atom stereocenters. The largest absolute Gasteiger partial charge is 0.374 e. The summed E-state index contributed by atoms with van der Waals surface area (Å²) < 4.78 is 1.62. The van der Waals surface area contributed by atoms with E-state index in [-0.39, 0.29) is 5.56 Å². The summed E-state index contributed by atoms with van der Waals surface area (Å²) in [4.78, 5) is 14.7. The number of nitrogens with one attached hydrogen (secondary N) is 1. The minimum Gasteiger partial charge on any atom is -0.374 e. The molecule has 1 aromatic heterocycles. The van der Waals surface area contributed by atoms with Crippen LogP contribution in [0.4, 0.5) is 5.82 Å². The molecule has 0 saturated carbocycles. The van der Waals surface area contributed by atoms with Gasteiger partial charge in [-0.05, 0) is 25.0 Å². The Hall–Kier alpha value is -1.33. The van der Waals surface area contributed by atoms with E-state index < -0.39 is 0 Å². The van der Waals surface area contributed by atoms with E-state index in [1.165, 1.54) is 5.56 Å². The van der Waals surface area contributed by atoms with Crippen LogP contribution in [0.5, 0.6) is 0 Å². The van der Waals surface area contributed by atoms with Crippen LogP contribution < -0.4 is 10.9 Å². The van der Waals surface area contributed by atoms with Crippen molar-refractivity contribution in [3.63, 3.8) is 0 Å². The zero-order valence-electron chi connectivity index (χ0n) is 10.3. The van der Waals surface area contributed by atoms with Crippen molar-refractivity contribution >= 4 is 5.82 Å². The van der Waals surface area contributed by atoms with Crippen molar-refractivity contribution in [3.05, 3.63) is 28.0 Å².